The van der Waals surface area contributed by atoms with Gasteiger partial charge in [0, 0.05) is 45.5 Å². The summed E-state index contributed by atoms with van der Waals surface area (Å²) in [7, 11) is 2.31. The Bertz CT molecular complexity index is 922. The second-order valence-corrected chi connectivity index (χ2v) is 8.11. The summed E-state index contributed by atoms with van der Waals surface area (Å²) in [4.78, 5) is 2.61. The van der Waals surface area contributed by atoms with E-state index in [-0.39, 0.29) is 0 Å². The normalized spacial score (nSPS) is 28.0. The molecule has 3 atom stereocenters. The quantitative estimate of drug-likeness (QED) is 0.773. The minimum Gasteiger partial charge on any atom is -0.314 e. The molecule has 1 fully saturated rings. The van der Waals surface area contributed by atoms with Gasteiger partial charge >= 0.3 is 0 Å². The van der Waals surface area contributed by atoms with Crippen molar-refractivity contribution in [1.82, 2.24) is 9.47 Å². The first-order chi connectivity index (χ1) is 11.6. The molecule has 2 aromatic rings. The van der Waals surface area contributed by atoms with Gasteiger partial charge in [-0.15, -0.1) is 0 Å². The number of benzene rings is 1. The summed E-state index contributed by atoms with van der Waals surface area (Å²) in [5.74, 6) is 0.632. The molecule has 0 amide bonds. The number of hydrogen-bond donors (Lipinski definition) is 0. The lowest BCUT2D eigenvalue weighted by molar-refractivity contribution is 0.221. The first-order valence-electron chi connectivity index (χ1n) is 9.07. The molecule has 3 aliphatic rings. The molecule has 0 radical (unpaired) electrons. The van der Waals surface area contributed by atoms with Crippen molar-refractivity contribution in [2.75, 3.05) is 7.05 Å². The van der Waals surface area contributed by atoms with Gasteiger partial charge in [-0.2, -0.15) is 0 Å². The first kappa shape index (κ1) is 14.8. The van der Waals surface area contributed by atoms with E-state index in [0.29, 0.717) is 18.0 Å². The van der Waals surface area contributed by atoms with Crippen LogP contribution in [0.1, 0.15) is 43.5 Å². The molecule has 2 bridgehead atoms. The molecule has 3 heteroatoms. The minimum atomic E-state index is 0.594. The van der Waals surface area contributed by atoms with Crippen molar-refractivity contribution in [1.29, 1.82) is 0 Å². The monoisotopic (exact) mass is 338 g/mol. The molecule has 5 rings (SSSR count). The van der Waals surface area contributed by atoms with Crippen LogP contribution in [-0.2, 0) is 6.42 Å². The average Bonchev–Trinajstić information content (AvgIpc) is 2.99. The van der Waals surface area contributed by atoms with E-state index in [1.165, 1.54) is 34.8 Å². The van der Waals surface area contributed by atoms with E-state index in [1.54, 1.807) is 5.56 Å². The van der Waals surface area contributed by atoms with Gasteiger partial charge < -0.3 is 4.57 Å². The Kier molecular flexibility index (Phi) is 3.23. The summed E-state index contributed by atoms with van der Waals surface area (Å²) < 4.78 is 2.52. The van der Waals surface area contributed by atoms with Crippen LogP contribution in [0, 0.1) is 5.92 Å². The Labute approximate surface area is 148 Å². The Morgan fingerprint density at radius 3 is 2.71 bits per heavy atom. The second-order valence-electron chi connectivity index (χ2n) is 7.67. The van der Waals surface area contributed by atoms with Gasteiger partial charge in [0.2, 0.25) is 0 Å². The fourth-order valence-corrected chi connectivity index (χ4v) is 5.12. The van der Waals surface area contributed by atoms with E-state index in [2.05, 4.69) is 47.7 Å². The number of halogens is 1. The van der Waals surface area contributed by atoms with Gasteiger partial charge in [0.05, 0.1) is 0 Å². The smallest absolute Gasteiger partial charge is 0.0492 e. The predicted molar refractivity (Wildman–Crippen MR) is 100.0 cm³/mol. The molecule has 1 saturated heterocycles. The summed E-state index contributed by atoms with van der Waals surface area (Å²) in [6.45, 7) is 2.33. The lowest BCUT2D eigenvalue weighted by atomic mass is 9.95. The molecule has 3 heterocycles. The molecule has 0 N–H and O–H groups in total. The van der Waals surface area contributed by atoms with E-state index < -0.39 is 0 Å². The Morgan fingerprint density at radius 1 is 1.12 bits per heavy atom. The van der Waals surface area contributed by atoms with Crippen molar-refractivity contribution in [3.05, 3.63) is 51.1 Å². The van der Waals surface area contributed by atoms with Crippen LogP contribution < -0.4 is 10.6 Å². The maximum atomic E-state index is 6.12. The molecular formula is C21H23ClN2. The number of nitrogens with zero attached hydrogens (tertiary/aromatic N) is 2. The van der Waals surface area contributed by atoms with Gasteiger partial charge in [-0.05, 0) is 62.1 Å². The highest BCUT2D eigenvalue weighted by atomic mass is 35.5. The second kappa shape index (κ2) is 5.24. The number of hydrogen-bond acceptors (Lipinski definition) is 1. The van der Waals surface area contributed by atoms with Crippen LogP contribution in [0.4, 0.5) is 0 Å². The van der Waals surface area contributed by atoms with Crippen LogP contribution in [0.25, 0.3) is 17.8 Å². The number of aromatic nitrogens is 1. The molecule has 0 saturated carbocycles. The van der Waals surface area contributed by atoms with E-state index >= 15 is 0 Å². The third-order valence-corrected chi connectivity index (χ3v) is 6.46. The average molecular weight is 339 g/mol. The number of likely N-dealkylation sites (N-methyl/N-ethyl adjacent to an activating group) is 1. The van der Waals surface area contributed by atoms with Gasteiger partial charge in [-0.1, -0.05) is 30.7 Å². The van der Waals surface area contributed by atoms with E-state index in [1.807, 2.05) is 12.1 Å². The highest BCUT2D eigenvalue weighted by Gasteiger charge is 2.40. The number of fused-ring (bicyclic) bond motifs is 6. The van der Waals surface area contributed by atoms with Crippen LogP contribution in [0.3, 0.4) is 0 Å². The van der Waals surface area contributed by atoms with Crippen LogP contribution in [-0.4, -0.2) is 22.6 Å². The predicted octanol–water partition coefficient (Wildman–Crippen LogP) is 3.42. The SMILES string of the molecule is CC1C=c2c3c(n(-c4ccc(Cl)cc4)c2=CC1)CC1CCC3N1C. The van der Waals surface area contributed by atoms with Crippen LogP contribution in [0.15, 0.2) is 24.3 Å². The zero-order valence-electron chi connectivity index (χ0n) is 14.3. The van der Waals surface area contributed by atoms with Crippen molar-refractivity contribution in [3.63, 3.8) is 0 Å². The lowest BCUT2D eigenvalue weighted by Crippen LogP contribution is -2.37. The minimum absolute atomic E-state index is 0.594. The van der Waals surface area contributed by atoms with Gasteiger partial charge in [-0.25, -0.2) is 0 Å². The molecule has 2 nitrogen and oxygen atoms in total. The Hall–Kier alpha value is -1.51. The molecule has 1 aromatic carbocycles. The third-order valence-electron chi connectivity index (χ3n) is 6.21. The molecule has 3 unspecified atom stereocenters. The zero-order valence-corrected chi connectivity index (χ0v) is 15.1. The van der Waals surface area contributed by atoms with Crippen LogP contribution in [0.5, 0.6) is 0 Å². The van der Waals surface area contributed by atoms with Gasteiger partial charge in [0.25, 0.3) is 0 Å². The number of rotatable bonds is 1. The molecule has 124 valence electrons. The molecule has 1 aromatic heterocycles. The summed E-state index contributed by atoms with van der Waals surface area (Å²) >= 11 is 6.12. The lowest BCUT2D eigenvalue weighted by Gasteiger charge is -2.32. The molecule has 0 spiro atoms. The fraction of sp³-hybridized carbons (Fsp3) is 0.429. The standard InChI is InChI=1S/C21H23ClN2/c1-13-3-9-18-17(11-13)21-19-10-8-16(23(19)2)12-20(21)24(18)15-6-4-14(22)5-7-15/h4-7,9,11,13,16,19H,3,8,10,12H2,1-2H3. The van der Waals surface area contributed by atoms with Crippen molar-refractivity contribution >= 4 is 23.8 Å². The van der Waals surface area contributed by atoms with Gasteiger partial charge in [-0.3, -0.25) is 4.90 Å². The van der Waals surface area contributed by atoms with E-state index in [0.717, 1.165) is 17.9 Å². The summed E-state index contributed by atoms with van der Waals surface area (Å²) in [5, 5.41) is 3.70. The first-order valence-corrected chi connectivity index (χ1v) is 9.44. The van der Waals surface area contributed by atoms with Crippen LogP contribution in [0.2, 0.25) is 5.02 Å². The van der Waals surface area contributed by atoms with Crippen molar-refractivity contribution in [2.24, 2.45) is 5.92 Å². The fourth-order valence-electron chi connectivity index (χ4n) is 4.99. The summed E-state index contributed by atoms with van der Waals surface area (Å²) in [6, 6.07) is 9.63. The van der Waals surface area contributed by atoms with Crippen LogP contribution >= 0.6 is 11.6 Å². The largest absolute Gasteiger partial charge is 0.314 e. The van der Waals surface area contributed by atoms with Crippen molar-refractivity contribution in [2.45, 2.75) is 44.7 Å². The van der Waals surface area contributed by atoms with Crippen molar-refractivity contribution in [3.8, 4) is 5.69 Å². The van der Waals surface area contributed by atoms with E-state index in [4.69, 9.17) is 11.6 Å². The zero-order chi connectivity index (χ0) is 16.4. The summed E-state index contributed by atoms with van der Waals surface area (Å²) in [5.41, 5.74) is 4.38. The Morgan fingerprint density at radius 2 is 1.92 bits per heavy atom. The highest BCUT2D eigenvalue weighted by Crippen LogP contribution is 2.41. The topological polar surface area (TPSA) is 8.17 Å². The van der Waals surface area contributed by atoms with Gasteiger partial charge in [0.15, 0.2) is 0 Å². The Balaban J connectivity index is 1.84. The third kappa shape index (κ3) is 1.99. The van der Waals surface area contributed by atoms with E-state index in [9.17, 15) is 0 Å². The molecular weight excluding hydrogens is 316 g/mol. The van der Waals surface area contributed by atoms with Crippen molar-refractivity contribution < 1.29 is 0 Å². The molecule has 2 aliphatic heterocycles. The van der Waals surface area contributed by atoms with Gasteiger partial charge in [0.1, 0.15) is 0 Å². The molecule has 24 heavy (non-hydrogen) atoms. The highest BCUT2D eigenvalue weighted by molar-refractivity contribution is 6.30. The maximum absolute atomic E-state index is 6.12. The molecule has 1 aliphatic carbocycles. The maximum Gasteiger partial charge on any atom is 0.0492 e. The summed E-state index contributed by atoms with van der Waals surface area (Å²) in [6.07, 6.45) is 9.87.